The van der Waals surface area contributed by atoms with Gasteiger partial charge in [-0.3, -0.25) is 0 Å². The van der Waals surface area contributed by atoms with Crippen molar-refractivity contribution >= 4 is 5.97 Å². The fourth-order valence-corrected chi connectivity index (χ4v) is 5.18. The van der Waals surface area contributed by atoms with Gasteiger partial charge in [-0.25, -0.2) is 4.79 Å². The molecule has 0 saturated carbocycles. The molecular formula is C30H44O8. The Kier molecular flexibility index (Phi) is 12.0. The van der Waals surface area contributed by atoms with Crippen LogP contribution in [-0.2, 0) is 19.0 Å². The van der Waals surface area contributed by atoms with E-state index in [0.29, 0.717) is 25.9 Å². The molecule has 2 bridgehead atoms. The number of carbonyl (C=O) groups excluding carboxylic acids is 1. The minimum absolute atomic E-state index is 0.0445. The number of hydrogen-bond acceptors (Lipinski definition) is 8. The van der Waals surface area contributed by atoms with Crippen molar-refractivity contribution in [1.82, 2.24) is 0 Å². The maximum atomic E-state index is 12.6. The van der Waals surface area contributed by atoms with Crippen LogP contribution >= 0.6 is 0 Å². The van der Waals surface area contributed by atoms with Gasteiger partial charge < -0.3 is 34.6 Å². The average Bonchev–Trinajstić information content (AvgIpc) is 2.85. The summed E-state index contributed by atoms with van der Waals surface area (Å²) in [5.74, 6) is -0.422. The van der Waals surface area contributed by atoms with Crippen LogP contribution < -0.4 is 0 Å². The molecular weight excluding hydrogens is 488 g/mol. The van der Waals surface area contributed by atoms with Gasteiger partial charge in [-0.1, -0.05) is 61.1 Å². The van der Waals surface area contributed by atoms with Crippen molar-refractivity contribution in [2.45, 2.75) is 108 Å². The molecule has 3 heterocycles. The van der Waals surface area contributed by atoms with Crippen LogP contribution in [0.5, 0.6) is 0 Å². The molecule has 0 aromatic rings. The largest absolute Gasteiger partial charge is 0.456 e. The lowest BCUT2D eigenvalue weighted by Crippen LogP contribution is -2.42. The van der Waals surface area contributed by atoms with E-state index in [0.717, 1.165) is 18.4 Å². The zero-order valence-corrected chi connectivity index (χ0v) is 22.5. The summed E-state index contributed by atoms with van der Waals surface area (Å²) in [4.78, 5) is 12.6. The number of aliphatic hydroxyl groups is 4. The van der Waals surface area contributed by atoms with Crippen LogP contribution in [-0.4, -0.2) is 81.8 Å². The first kappa shape index (κ1) is 30.5. The molecule has 0 fully saturated rings. The molecule has 9 unspecified atom stereocenters. The molecule has 38 heavy (non-hydrogen) atoms. The van der Waals surface area contributed by atoms with Crippen LogP contribution in [0.1, 0.15) is 58.8 Å². The molecule has 8 heteroatoms. The summed E-state index contributed by atoms with van der Waals surface area (Å²) in [6, 6.07) is 0. The van der Waals surface area contributed by atoms with Crippen molar-refractivity contribution in [2.75, 3.05) is 6.61 Å². The Labute approximate surface area is 226 Å². The van der Waals surface area contributed by atoms with Gasteiger partial charge >= 0.3 is 5.97 Å². The molecule has 3 aliphatic heterocycles. The Hall–Kier alpha value is -2.07. The maximum absolute atomic E-state index is 12.6. The second-order valence-electron chi connectivity index (χ2n) is 10.9. The van der Waals surface area contributed by atoms with E-state index < -0.39 is 36.5 Å². The van der Waals surface area contributed by atoms with Crippen LogP contribution in [0, 0.1) is 5.92 Å². The summed E-state index contributed by atoms with van der Waals surface area (Å²) in [6.07, 6.45) is 8.63. The fraction of sp³-hybridized carbons (Fsp3) is 0.633. The maximum Gasteiger partial charge on any atom is 0.330 e. The molecule has 212 valence electrons. The highest BCUT2D eigenvalue weighted by atomic mass is 16.6. The lowest BCUT2D eigenvalue weighted by atomic mass is 9.89. The predicted octanol–water partition coefficient (Wildman–Crippen LogP) is 3.06. The van der Waals surface area contributed by atoms with E-state index in [4.69, 9.17) is 14.2 Å². The van der Waals surface area contributed by atoms with Gasteiger partial charge in [0.25, 0.3) is 0 Å². The predicted molar refractivity (Wildman–Crippen MR) is 144 cm³/mol. The Morgan fingerprint density at radius 1 is 1.08 bits per heavy atom. The number of aliphatic hydroxyl groups excluding tert-OH is 4. The molecule has 0 spiro atoms. The van der Waals surface area contributed by atoms with Crippen LogP contribution in [0.4, 0.5) is 0 Å². The summed E-state index contributed by atoms with van der Waals surface area (Å²) >= 11 is 0. The third-order valence-electron chi connectivity index (χ3n) is 7.24. The Balaban J connectivity index is 1.75. The van der Waals surface area contributed by atoms with Crippen molar-refractivity contribution in [1.29, 1.82) is 0 Å². The normalized spacial score (nSPS) is 38.1. The highest BCUT2D eigenvalue weighted by Gasteiger charge is 2.32. The van der Waals surface area contributed by atoms with E-state index in [2.05, 4.69) is 19.6 Å². The minimum atomic E-state index is -1.50. The molecule has 9 atom stereocenters. The fourth-order valence-electron chi connectivity index (χ4n) is 5.18. The third-order valence-corrected chi connectivity index (χ3v) is 7.24. The second-order valence-corrected chi connectivity index (χ2v) is 10.9. The van der Waals surface area contributed by atoms with Gasteiger partial charge in [0.05, 0.1) is 37.1 Å². The first-order valence-corrected chi connectivity index (χ1v) is 13.6. The number of fused-ring (bicyclic) bond motifs is 2. The topological polar surface area (TPSA) is 126 Å². The molecule has 0 amide bonds. The lowest BCUT2D eigenvalue weighted by molar-refractivity contribution is -0.152. The average molecular weight is 533 g/mol. The first-order valence-electron chi connectivity index (χ1n) is 13.6. The van der Waals surface area contributed by atoms with Crippen molar-refractivity contribution in [3.8, 4) is 0 Å². The van der Waals surface area contributed by atoms with Crippen LogP contribution in [0.2, 0.25) is 0 Å². The minimum Gasteiger partial charge on any atom is -0.456 e. The Morgan fingerprint density at radius 3 is 2.63 bits per heavy atom. The lowest BCUT2D eigenvalue weighted by Gasteiger charge is -2.30. The van der Waals surface area contributed by atoms with Gasteiger partial charge in [-0.2, -0.15) is 0 Å². The number of esters is 1. The molecule has 0 aromatic carbocycles. The smallest absolute Gasteiger partial charge is 0.330 e. The van der Waals surface area contributed by atoms with Gasteiger partial charge in [0.2, 0.25) is 0 Å². The van der Waals surface area contributed by atoms with E-state index >= 15 is 0 Å². The number of rotatable bonds is 3. The summed E-state index contributed by atoms with van der Waals surface area (Å²) in [5, 5.41) is 42.8. The second kappa shape index (κ2) is 14.9. The van der Waals surface area contributed by atoms with Gasteiger partial charge in [0, 0.05) is 12.5 Å². The molecule has 3 aliphatic rings. The first-order chi connectivity index (χ1) is 18.1. The highest BCUT2D eigenvalue weighted by molar-refractivity contribution is 5.82. The molecule has 0 aliphatic carbocycles. The Bertz CT molecular complexity index is 906. The van der Waals surface area contributed by atoms with Crippen molar-refractivity contribution < 1.29 is 39.4 Å². The van der Waals surface area contributed by atoms with Gasteiger partial charge in [0.15, 0.2) is 0 Å². The molecule has 0 radical (unpaired) electrons. The van der Waals surface area contributed by atoms with Crippen molar-refractivity contribution in [2.24, 2.45) is 5.92 Å². The standard InChI is InChI=1S/C30H44O8/c1-19-12-13-36-23(15-19)10-11-25(31)28-18-27(33)30(35)26(32)17-21(3)14-20(2)16-24-8-4-6-22(37-24)7-5-9-29(34)38-28/h4-6,9-12,20,22-28,30-33,35H,3,7-8,13-18H2,1-2H3/b9-5-,11-10?. The molecule has 0 aromatic heterocycles. The van der Waals surface area contributed by atoms with Crippen molar-refractivity contribution in [3.63, 3.8) is 0 Å². The number of ether oxygens (including phenoxy) is 3. The quantitative estimate of drug-likeness (QED) is 0.323. The van der Waals surface area contributed by atoms with E-state index in [1.807, 2.05) is 19.1 Å². The number of carbonyl (C=O) groups is 1. The van der Waals surface area contributed by atoms with E-state index in [-0.39, 0.29) is 37.1 Å². The van der Waals surface area contributed by atoms with E-state index in [9.17, 15) is 25.2 Å². The molecule has 3 rings (SSSR count). The zero-order chi connectivity index (χ0) is 27.7. The van der Waals surface area contributed by atoms with Gasteiger partial charge in [0.1, 0.15) is 18.3 Å². The Morgan fingerprint density at radius 2 is 1.87 bits per heavy atom. The number of hydrogen-bond donors (Lipinski definition) is 4. The van der Waals surface area contributed by atoms with Crippen LogP contribution in [0.3, 0.4) is 0 Å². The van der Waals surface area contributed by atoms with E-state index in [1.54, 1.807) is 12.2 Å². The van der Waals surface area contributed by atoms with Gasteiger partial charge in [-0.15, -0.1) is 0 Å². The van der Waals surface area contributed by atoms with Crippen LogP contribution in [0.25, 0.3) is 0 Å². The highest BCUT2D eigenvalue weighted by Crippen LogP contribution is 2.27. The third kappa shape index (κ3) is 9.91. The summed E-state index contributed by atoms with van der Waals surface area (Å²) in [6.45, 7) is 8.65. The summed E-state index contributed by atoms with van der Waals surface area (Å²) < 4.78 is 17.3. The molecule has 0 saturated heterocycles. The van der Waals surface area contributed by atoms with Crippen molar-refractivity contribution in [3.05, 3.63) is 60.3 Å². The summed E-state index contributed by atoms with van der Waals surface area (Å²) in [7, 11) is 0. The van der Waals surface area contributed by atoms with E-state index in [1.165, 1.54) is 17.7 Å². The summed E-state index contributed by atoms with van der Waals surface area (Å²) in [5.41, 5.74) is 1.95. The van der Waals surface area contributed by atoms with Crippen LogP contribution in [0.15, 0.2) is 60.3 Å². The molecule has 4 N–H and O–H groups in total. The SMILES string of the molecule is C=C1CC(C)CC2CC=CC(C/C=C\C(=O)OC(C(O)C=CC3CC(C)=CCO3)CC(O)C(O)C(O)C1)O2. The monoisotopic (exact) mass is 532 g/mol. The zero-order valence-electron chi connectivity index (χ0n) is 22.5. The number of cyclic esters (lactones) is 1. The van der Waals surface area contributed by atoms with Gasteiger partial charge in [-0.05, 0) is 51.4 Å². The molecule has 8 nitrogen and oxygen atoms in total.